The van der Waals surface area contributed by atoms with Crippen molar-refractivity contribution in [1.82, 2.24) is 14.1 Å². The monoisotopic (exact) mass is 505 g/mol. The van der Waals surface area contributed by atoms with Gasteiger partial charge < -0.3 is 15.3 Å². The van der Waals surface area contributed by atoms with Crippen LogP contribution in [0, 0.1) is 6.92 Å². The zero-order chi connectivity index (χ0) is 25.4. The predicted octanol–water partition coefficient (Wildman–Crippen LogP) is 5.36. The number of aromatic nitrogens is 3. The number of thiazole rings is 1. The molecule has 4 aromatic rings. The zero-order valence-corrected chi connectivity index (χ0v) is 21.6. The molecule has 188 valence electrons. The van der Waals surface area contributed by atoms with E-state index in [1.165, 1.54) is 28.2 Å². The molecule has 2 aromatic heterocycles. The lowest BCUT2D eigenvalue weighted by Gasteiger charge is -2.16. The Hall–Kier alpha value is -3.59. The Labute approximate surface area is 213 Å². The van der Waals surface area contributed by atoms with Crippen molar-refractivity contribution in [3.63, 3.8) is 0 Å². The Balaban J connectivity index is 1.64. The maximum atomic E-state index is 14.0. The van der Waals surface area contributed by atoms with Gasteiger partial charge in [0.05, 0.1) is 17.5 Å². The quantitative estimate of drug-likeness (QED) is 0.318. The van der Waals surface area contributed by atoms with Gasteiger partial charge in [-0.25, -0.2) is 9.78 Å². The molecule has 2 atom stereocenters. The fourth-order valence-electron chi connectivity index (χ4n) is 5.57. The van der Waals surface area contributed by atoms with Gasteiger partial charge in [-0.15, -0.1) is 11.3 Å². The molecule has 3 heterocycles. The molecule has 0 fully saturated rings. The molecule has 36 heavy (non-hydrogen) atoms. The van der Waals surface area contributed by atoms with E-state index in [-0.39, 0.29) is 18.0 Å². The van der Waals surface area contributed by atoms with Crippen molar-refractivity contribution < 1.29 is 9.90 Å². The van der Waals surface area contributed by atoms with Crippen LogP contribution in [0.3, 0.4) is 0 Å². The van der Waals surface area contributed by atoms with E-state index in [2.05, 4.69) is 47.4 Å². The maximum absolute atomic E-state index is 14.0. The number of anilines is 3. The van der Waals surface area contributed by atoms with Gasteiger partial charge in [0.2, 0.25) is 0 Å². The summed E-state index contributed by atoms with van der Waals surface area (Å²) >= 11 is 1.51. The molecular weight excluding hydrogens is 474 g/mol. The highest BCUT2D eigenvalue weighted by atomic mass is 32.1. The molecule has 0 saturated carbocycles. The average Bonchev–Trinajstić information content (AvgIpc) is 3.52. The summed E-state index contributed by atoms with van der Waals surface area (Å²) in [6.07, 6.45) is 3.08. The normalized spacial score (nSPS) is 15.9. The van der Waals surface area contributed by atoms with Crippen LogP contribution in [-0.4, -0.2) is 38.8 Å². The highest BCUT2D eigenvalue weighted by Gasteiger charge is 2.30. The van der Waals surface area contributed by atoms with E-state index in [4.69, 9.17) is 0 Å². The third kappa shape index (κ3) is 4.39. The van der Waals surface area contributed by atoms with Crippen LogP contribution in [0.4, 0.5) is 16.5 Å². The first kappa shape index (κ1) is 24.1. The second-order valence-corrected chi connectivity index (χ2v) is 10.4. The molecule has 0 aliphatic carbocycles. The lowest BCUT2D eigenvalue weighted by atomic mass is 9.96. The third-order valence-corrected chi connectivity index (χ3v) is 7.75. The molecule has 1 aliphatic heterocycles. The van der Waals surface area contributed by atoms with Gasteiger partial charge in [-0.2, -0.15) is 0 Å². The van der Waals surface area contributed by atoms with Crippen molar-refractivity contribution in [3.8, 4) is 0 Å². The first-order valence-electron chi connectivity index (χ1n) is 12.3. The number of carbonyl (C=O) groups is 1. The van der Waals surface area contributed by atoms with Gasteiger partial charge >= 0.3 is 11.7 Å². The first-order valence-corrected chi connectivity index (χ1v) is 13.2. The molecule has 2 N–H and O–H groups in total. The van der Waals surface area contributed by atoms with Crippen LogP contribution in [0.5, 0.6) is 0 Å². The summed E-state index contributed by atoms with van der Waals surface area (Å²) in [5.74, 6) is -0.743. The molecule has 5 rings (SSSR count). The lowest BCUT2D eigenvalue weighted by Crippen LogP contribution is -2.30. The summed E-state index contributed by atoms with van der Waals surface area (Å²) in [4.78, 5) is 32.2. The molecule has 9 heteroatoms. The number of nitrogens with zero attached hydrogens (tertiary/aromatic N) is 4. The van der Waals surface area contributed by atoms with Gasteiger partial charge in [0.25, 0.3) is 0 Å². The van der Waals surface area contributed by atoms with Gasteiger partial charge in [0.1, 0.15) is 0 Å². The topological polar surface area (TPSA) is 92.4 Å². The number of carboxylic acids is 1. The molecule has 0 saturated heterocycles. The van der Waals surface area contributed by atoms with Gasteiger partial charge in [-0.05, 0) is 48.7 Å². The molecule has 2 unspecified atom stereocenters. The first-order chi connectivity index (χ1) is 17.4. The number of rotatable bonds is 9. The van der Waals surface area contributed by atoms with E-state index in [0.29, 0.717) is 13.0 Å². The molecule has 0 radical (unpaired) electrons. The second-order valence-electron chi connectivity index (χ2n) is 9.55. The van der Waals surface area contributed by atoms with Gasteiger partial charge in [0.15, 0.2) is 5.13 Å². The Kier molecular flexibility index (Phi) is 6.57. The summed E-state index contributed by atoms with van der Waals surface area (Å²) in [5.41, 5.74) is 5.96. The summed E-state index contributed by atoms with van der Waals surface area (Å²) < 4.78 is 3.55. The number of imidazole rings is 1. The fraction of sp³-hybridized carbons (Fsp3) is 0.370. The van der Waals surface area contributed by atoms with E-state index in [0.717, 1.165) is 34.8 Å². The highest BCUT2D eigenvalue weighted by Crippen LogP contribution is 2.39. The number of carboxylic acid groups (broad SMARTS) is 1. The van der Waals surface area contributed by atoms with Crippen molar-refractivity contribution >= 4 is 44.8 Å². The van der Waals surface area contributed by atoms with Crippen LogP contribution in [0.2, 0.25) is 0 Å². The highest BCUT2D eigenvalue weighted by molar-refractivity contribution is 7.13. The van der Waals surface area contributed by atoms with Crippen LogP contribution in [0.15, 0.2) is 52.8 Å². The smallest absolute Gasteiger partial charge is 0.329 e. The number of likely N-dealkylation sites (N-methyl/N-ethyl adjacent to an activating group) is 1. The number of benzene rings is 2. The Morgan fingerprint density at radius 3 is 2.83 bits per heavy atom. The number of hydrogen-bond donors (Lipinski definition) is 2. The van der Waals surface area contributed by atoms with Crippen LogP contribution >= 0.6 is 11.3 Å². The van der Waals surface area contributed by atoms with Crippen LogP contribution in [-0.2, 0) is 11.3 Å². The Morgan fingerprint density at radius 1 is 1.28 bits per heavy atom. The van der Waals surface area contributed by atoms with Crippen LogP contribution in [0.1, 0.15) is 49.3 Å². The second kappa shape index (κ2) is 9.81. The molecule has 0 spiro atoms. The minimum Gasteiger partial charge on any atom is -0.481 e. The zero-order valence-electron chi connectivity index (χ0n) is 20.8. The predicted molar refractivity (Wildman–Crippen MR) is 145 cm³/mol. The number of hydrogen-bond acceptors (Lipinski definition) is 6. The number of aliphatic carboxylic acids is 1. The van der Waals surface area contributed by atoms with E-state index in [1.807, 2.05) is 35.1 Å². The number of fused-ring (bicyclic) bond motifs is 2. The van der Waals surface area contributed by atoms with E-state index in [9.17, 15) is 14.7 Å². The molecule has 0 bridgehead atoms. The fourth-order valence-corrected chi connectivity index (χ4v) is 6.12. The number of nitrogens with one attached hydrogen (secondary N) is 1. The van der Waals surface area contributed by atoms with Crippen LogP contribution in [0.25, 0.3) is 11.0 Å². The van der Waals surface area contributed by atoms with Crippen molar-refractivity contribution in [2.24, 2.45) is 0 Å². The van der Waals surface area contributed by atoms with E-state index >= 15 is 0 Å². The average molecular weight is 506 g/mol. The Morgan fingerprint density at radius 2 is 2.11 bits per heavy atom. The molecule has 0 amide bonds. The number of aryl methyl sites for hydroxylation is 1. The molecule has 1 aliphatic rings. The Bertz CT molecular complexity index is 1460. The van der Waals surface area contributed by atoms with Gasteiger partial charge in [0, 0.05) is 55.0 Å². The molecular formula is C27H31N5O3S. The summed E-state index contributed by atoms with van der Waals surface area (Å²) in [7, 11) is 2.09. The maximum Gasteiger partial charge on any atom is 0.329 e. The third-order valence-electron chi connectivity index (χ3n) is 7.06. The molecule has 2 aromatic carbocycles. The van der Waals surface area contributed by atoms with Crippen molar-refractivity contribution in [1.29, 1.82) is 0 Å². The van der Waals surface area contributed by atoms with Crippen molar-refractivity contribution in [2.45, 2.75) is 51.6 Å². The summed E-state index contributed by atoms with van der Waals surface area (Å²) in [5, 5.41) is 15.6. The van der Waals surface area contributed by atoms with Crippen LogP contribution < -0.4 is 15.9 Å². The molecule has 8 nitrogen and oxygen atoms in total. The minimum atomic E-state index is -0.898. The SMILES string of the molecule is CCCC(CC(=O)O)n1c(=O)n(CC2CN(C)c3cccc(C)c32)c2cc(Nc3nccs3)ccc21. The van der Waals surface area contributed by atoms with Gasteiger partial charge in [-0.1, -0.05) is 25.5 Å². The van der Waals surface area contributed by atoms with Gasteiger partial charge in [-0.3, -0.25) is 13.9 Å². The van der Waals surface area contributed by atoms with E-state index in [1.54, 1.807) is 10.8 Å². The van der Waals surface area contributed by atoms with Crippen molar-refractivity contribution in [3.05, 3.63) is 69.6 Å². The summed E-state index contributed by atoms with van der Waals surface area (Å²) in [6.45, 7) is 5.49. The standard InChI is InChI=1S/C27H31N5O3S/c1-4-6-20(14-24(33)34)32-21-10-9-19(29-26-28-11-12-36-26)13-23(21)31(27(32)35)16-18-15-30(3)22-8-5-7-17(2)25(18)22/h5,7-13,18,20H,4,6,14-16H2,1-3H3,(H,28,29)(H,33,34). The lowest BCUT2D eigenvalue weighted by molar-refractivity contribution is -0.137. The van der Waals surface area contributed by atoms with E-state index < -0.39 is 12.0 Å². The minimum absolute atomic E-state index is 0.0832. The van der Waals surface area contributed by atoms with Crippen molar-refractivity contribution in [2.75, 3.05) is 23.8 Å². The largest absolute Gasteiger partial charge is 0.481 e. The summed E-state index contributed by atoms with van der Waals surface area (Å²) in [6, 6.07) is 11.8.